The Hall–Kier alpha value is -3.91. The molecule has 2 aliphatic heterocycles. The minimum Gasteiger partial charge on any atom is -0.490 e. The van der Waals surface area contributed by atoms with Gasteiger partial charge < -0.3 is 19.3 Å². The average molecular weight is 562 g/mol. The molecule has 2 heterocycles. The minimum atomic E-state index is -1.31. The third-order valence-corrected chi connectivity index (χ3v) is 7.89. The Morgan fingerprint density at radius 1 is 1.00 bits per heavy atom. The Labute approximate surface area is 239 Å². The molecule has 0 unspecified atom stereocenters. The van der Waals surface area contributed by atoms with E-state index in [9.17, 15) is 14.7 Å². The largest absolute Gasteiger partial charge is 0.490 e. The highest BCUT2D eigenvalue weighted by molar-refractivity contribution is 5.86. The lowest BCUT2D eigenvalue weighted by Gasteiger charge is -2.31. The van der Waals surface area contributed by atoms with Gasteiger partial charge in [0.2, 0.25) is 0 Å². The molecule has 0 spiro atoms. The number of carbonyl (C=O) groups is 2. The van der Waals surface area contributed by atoms with Crippen LogP contribution >= 0.6 is 0 Å². The molecular formula is C33H36FNO6. The molecule has 3 aromatic carbocycles. The van der Waals surface area contributed by atoms with E-state index in [1.54, 1.807) is 49.9 Å². The predicted molar refractivity (Wildman–Crippen MR) is 153 cm³/mol. The first-order valence-corrected chi connectivity index (χ1v) is 13.9. The predicted octanol–water partition coefficient (Wildman–Crippen LogP) is 7.20. The highest BCUT2D eigenvalue weighted by Crippen LogP contribution is 2.46. The molecule has 41 heavy (non-hydrogen) atoms. The second-order valence-corrected chi connectivity index (χ2v) is 11.8. The van der Waals surface area contributed by atoms with Crippen molar-refractivity contribution in [2.24, 2.45) is 0 Å². The topological polar surface area (TPSA) is 85.3 Å². The first-order chi connectivity index (χ1) is 19.4. The Balaban J connectivity index is 1.69. The van der Waals surface area contributed by atoms with Gasteiger partial charge in [0.05, 0.1) is 18.8 Å². The van der Waals surface area contributed by atoms with E-state index in [-0.39, 0.29) is 18.8 Å². The monoisotopic (exact) mass is 561 g/mol. The smallest absolute Gasteiger partial charge is 0.415 e. The summed E-state index contributed by atoms with van der Waals surface area (Å²) in [4.78, 5) is 27.5. The summed E-state index contributed by atoms with van der Waals surface area (Å²) in [5.41, 5.74) is 5.85. The molecule has 8 heteroatoms. The van der Waals surface area contributed by atoms with Gasteiger partial charge in [-0.2, -0.15) is 0 Å². The summed E-state index contributed by atoms with van der Waals surface area (Å²) in [6, 6.07) is 10.3. The van der Waals surface area contributed by atoms with Crippen LogP contribution in [0.3, 0.4) is 0 Å². The summed E-state index contributed by atoms with van der Waals surface area (Å²) >= 11 is 0. The van der Waals surface area contributed by atoms with Crippen LogP contribution in [0, 0.1) is 26.6 Å². The molecule has 1 amide bonds. The normalized spacial score (nSPS) is 15.1. The fraction of sp³-hybridized carbons (Fsp3) is 0.394. The molecular weight excluding hydrogens is 525 g/mol. The van der Waals surface area contributed by atoms with Gasteiger partial charge in [0, 0.05) is 17.7 Å². The number of benzene rings is 3. The second-order valence-electron chi connectivity index (χ2n) is 11.8. The van der Waals surface area contributed by atoms with Crippen LogP contribution in [-0.4, -0.2) is 34.3 Å². The molecule has 3 aromatic rings. The van der Waals surface area contributed by atoms with Crippen molar-refractivity contribution in [3.8, 4) is 22.6 Å². The van der Waals surface area contributed by atoms with Gasteiger partial charge in [-0.15, -0.1) is 0 Å². The van der Waals surface area contributed by atoms with Crippen LogP contribution in [0.25, 0.3) is 11.1 Å². The maximum Gasteiger partial charge on any atom is 0.415 e. The SMILES string of the molecule is Cc1c(-c2c(C)c3c(c(C)c2[C@H](OC(C)(C)C)C(=O)O)CN(C(=O)Oc2ccccc2)C3)cc(F)c2c1CCCO2. The number of rotatable bonds is 5. The summed E-state index contributed by atoms with van der Waals surface area (Å²) in [5, 5.41) is 10.4. The van der Waals surface area contributed by atoms with Crippen LogP contribution in [0.1, 0.15) is 72.2 Å². The Morgan fingerprint density at radius 3 is 2.29 bits per heavy atom. The molecule has 5 rings (SSSR count). The molecule has 1 atom stereocenters. The summed E-state index contributed by atoms with van der Waals surface area (Å²) in [5.74, 6) is -0.901. The number of amides is 1. The van der Waals surface area contributed by atoms with Gasteiger partial charge in [0.25, 0.3) is 0 Å². The summed E-state index contributed by atoms with van der Waals surface area (Å²) in [6.07, 6.45) is -0.364. The van der Waals surface area contributed by atoms with E-state index in [4.69, 9.17) is 14.2 Å². The molecule has 1 N–H and O–H groups in total. The van der Waals surface area contributed by atoms with Crippen molar-refractivity contribution in [3.05, 3.63) is 81.2 Å². The summed E-state index contributed by atoms with van der Waals surface area (Å²) in [7, 11) is 0. The van der Waals surface area contributed by atoms with Crippen LogP contribution in [0.4, 0.5) is 9.18 Å². The second kappa shape index (κ2) is 10.8. The molecule has 0 radical (unpaired) electrons. The number of ether oxygens (including phenoxy) is 3. The van der Waals surface area contributed by atoms with Gasteiger partial charge in [-0.3, -0.25) is 4.90 Å². The Morgan fingerprint density at radius 2 is 1.66 bits per heavy atom. The van der Waals surface area contributed by atoms with E-state index in [0.29, 0.717) is 41.0 Å². The first-order valence-electron chi connectivity index (χ1n) is 13.9. The maximum atomic E-state index is 15.5. The number of carboxylic acids is 1. The number of para-hydroxylation sites is 1. The number of hydrogen-bond donors (Lipinski definition) is 1. The van der Waals surface area contributed by atoms with Crippen LogP contribution in [0.5, 0.6) is 11.5 Å². The lowest BCUT2D eigenvalue weighted by atomic mass is 9.81. The standard InChI is InChI=1S/C33H36FNO6/c1-18-22-13-10-14-39-29(22)26(34)15-23(18)27-19(2)24-16-35(32(38)40-21-11-8-7-9-12-21)17-25(24)20(3)28(27)30(31(36)37)41-33(4,5)6/h7-9,11-12,15,30H,10,13-14,16-17H2,1-6H3,(H,36,37)/t30-/m0/s1. The van der Waals surface area contributed by atoms with E-state index in [1.807, 2.05) is 26.8 Å². The van der Waals surface area contributed by atoms with E-state index >= 15 is 4.39 Å². The number of fused-ring (bicyclic) bond motifs is 2. The molecule has 0 bridgehead atoms. The van der Waals surface area contributed by atoms with E-state index < -0.39 is 29.6 Å². The van der Waals surface area contributed by atoms with Crippen LogP contribution in [0.15, 0.2) is 36.4 Å². The molecule has 2 aliphatic rings. The minimum absolute atomic E-state index is 0.258. The van der Waals surface area contributed by atoms with Crippen LogP contribution in [-0.2, 0) is 29.0 Å². The zero-order valence-corrected chi connectivity index (χ0v) is 24.4. The quantitative estimate of drug-likeness (QED) is 0.355. The molecule has 0 saturated carbocycles. The van der Waals surface area contributed by atoms with Crippen molar-refractivity contribution < 1.29 is 33.3 Å². The molecule has 7 nitrogen and oxygen atoms in total. The van der Waals surface area contributed by atoms with E-state index in [2.05, 4.69) is 0 Å². The summed E-state index contributed by atoms with van der Waals surface area (Å²) in [6.45, 7) is 12.1. The van der Waals surface area contributed by atoms with Gasteiger partial charge in [-0.25, -0.2) is 14.0 Å². The number of halogens is 1. The number of carbonyl (C=O) groups excluding carboxylic acids is 1. The Bertz CT molecular complexity index is 1530. The molecule has 216 valence electrons. The summed E-state index contributed by atoms with van der Waals surface area (Å²) < 4.78 is 32.9. The molecule has 0 aliphatic carbocycles. The fourth-order valence-electron chi connectivity index (χ4n) is 5.98. The fourth-order valence-corrected chi connectivity index (χ4v) is 5.98. The highest BCUT2D eigenvalue weighted by Gasteiger charge is 2.37. The van der Waals surface area contributed by atoms with Gasteiger partial charge in [-0.1, -0.05) is 18.2 Å². The zero-order valence-electron chi connectivity index (χ0n) is 24.4. The van der Waals surface area contributed by atoms with Crippen molar-refractivity contribution in [2.45, 2.75) is 79.2 Å². The third kappa shape index (κ3) is 5.40. The van der Waals surface area contributed by atoms with Crippen molar-refractivity contribution in [1.29, 1.82) is 0 Å². The zero-order chi connectivity index (χ0) is 29.6. The number of hydrogen-bond acceptors (Lipinski definition) is 5. The average Bonchev–Trinajstić information content (AvgIpc) is 3.38. The number of nitrogens with zero attached hydrogens (tertiary/aromatic N) is 1. The van der Waals surface area contributed by atoms with Crippen molar-refractivity contribution >= 4 is 12.1 Å². The van der Waals surface area contributed by atoms with Crippen molar-refractivity contribution in [1.82, 2.24) is 4.90 Å². The van der Waals surface area contributed by atoms with Crippen LogP contribution in [0.2, 0.25) is 0 Å². The van der Waals surface area contributed by atoms with E-state index in [0.717, 1.165) is 34.2 Å². The van der Waals surface area contributed by atoms with Crippen LogP contribution < -0.4 is 9.47 Å². The van der Waals surface area contributed by atoms with Gasteiger partial charge in [0.1, 0.15) is 5.75 Å². The van der Waals surface area contributed by atoms with Crippen molar-refractivity contribution in [3.63, 3.8) is 0 Å². The Kier molecular flexibility index (Phi) is 7.55. The lowest BCUT2D eigenvalue weighted by Crippen LogP contribution is -2.29. The maximum absolute atomic E-state index is 15.5. The molecule has 0 saturated heterocycles. The highest BCUT2D eigenvalue weighted by atomic mass is 19.1. The van der Waals surface area contributed by atoms with Crippen molar-refractivity contribution in [2.75, 3.05) is 6.61 Å². The number of carboxylic acid groups (broad SMARTS) is 1. The van der Waals surface area contributed by atoms with Gasteiger partial charge >= 0.3 is 12.1 Å². The number of aliphatic carboxylic acids is 1. The van der Waals surface area contributed by atoms with Gasteiger partial charge in [-0.05, 0) is 112 Å². The molecule has 0 fully saturated rings. The van der Waals surface area contributed by atoms with E-state index in [1.165, 1.54) is 6.07 Å². The third-order valence-electron chi connectivity index (χ3n) is 7.89. The first kappa shape index (κ1) is 28.6. The molecule has 0 aromatic heterocycles. The van der Waals surface area contributed by atoms with Gasteiger partial charge in [0.15, 0.2) is 17.7 Å². The lowest BCUT2D eigenvalue weighted by molar-refractivity contribution is -0.160.